The van der Waals surface area contributed by atoms with Crippen LogP contribution in [0.25, 0.3) is 0 Å². The second kappa shape index (κ2) is 5.92. The zero-order valence-corrected chi connectivity index (χ0v) is 15.5. The summed E-state index contributed by atoms with van der Waals surface area (Å²) in [5.41, 5.74) is 1.82. The van der Waals surface area contributed by atoms with Gasteiger partial charge < -0.3 is 5.11 Å². The van der Waals surface area contributed by atoms with Gasteiger partial charge in [-0.25, -0.2) is 4.79 Å². The molecule has 0 atom stereocenters. The standard InChI is InChI=1S/C18H26N4O2/c1-17(2,3)13-10-12(11-14(15(13)23)18(4,5)6)21(7)16(24)22-9-8-19-20-22/h8-11,23H,1-7H3. The lowest BCUT2D eigenvalue weighted by molar-refractivity contribution is 0.245. The van der Waals surface area contributed by atoms with Crippen molar-refractivity contribution < 1.29 is 9.90 Å². The predicted molar refractivity (Wildman–Crippen MR) is 94.7 cm³/mol. The summed E-state index contributed by atoms with van der Waals surface area (Å²) in [6.45, 7) is 12.2. The molecular weight excluding hydrogens is 304 g/mol. The summed E-state index contributed by atoms with van der Waals surface area (Å²) in [5.74, 6) is 0.292. The highest BCUT2D eigenvalue weighted by Gasteiger charge is 2.28. The third kappa shape index (κ3) is 3.42. The minimum Gasteiger partial charge on any atom is -0.507 e. The number of anilines is 1. The molecule has 24 heavy (non-hydrogen) atoms. The molecule has 1 N–H and O–H groups in total. The fraction of sp³-hybridized carbons (Fsp3) is 0.500. The van der Waals surface area contributed by atoms with Crippen LogP contribution in [0.4, 0.5) is 10.5 Å². The first-order valence-corrected chi connectivity index (χ1v) is 7.95. The first-order chi connectivity index (χ1) is 10.9. The van der Waals surface area contributed by atoms with Crippen molar-refractivity contribution in [3.05, 3.63) is 35.7 Å². The highest BCUT2D eigenvalue weighted by molar-refractivity contribution is 5.92. The number of phenolic OH excluding ortho intramolecular Hbond substituents is 1. The summed E-state index contributed by atoms with van der Waals surface area (Å²) >= 11 is 0. The van der Waals surface area contributed by atoms with Gasteiger partial charge in [0, 0.05) is 23.9 Å². The molecule has 6 nitrogen and oxygen atoms in total. The number of hydrogen-bond donors (Lipinski definition) is 1. The molecule has 0 fully saturated rings. The van der Waals surface area contributed by atoms with Crippen molar-refractivity contribution in [3.63, 3.8) is 0 Å². The van der Waals surface area contributed by atoms with Gasteiger partial charge in [0.25, 0.3) is 0 Å². The molecule has 0 aliphatic carbocycles. The highest BCUT2D eigenvalue weighted by atomic mass is 16.3. The summed E-state index contributed by atoms with van der Waals surface area (Å²) in [4.78, 5) is 14.0. The maximum Gasteiger partial charge on any atom is 0.350 e. The van der Waals surface area contributed by atoms with Crippen LogP contribution in [0, 0.1) is 0 Å². The third-order valence-corrected chi connectivity index (χ3v) is 4.00. The SMILES string of the molecule is CN(C(=O)n1ccnn1)c1cc(C(C)(C)C)c(O)c(C(C)(C)C)c1. The molecular formula is C18H26N4O2. The fourth-order valence-corrected chi connectivity index (χ4v) is 2.53. The number of phenols is 1. The lowest BCUT2D eigenvalue weighted by Crippen LogP contribution is -2.32. The van der Waals surface area contributed by atoms with Gasteiger partial charge in [-0.15, -0.1) is 5.10 Å². The number of aromatic hydroxyl groups is 1. The number of nitrogens with zero attached hydrogens (tertiary/aromatic N) is 4. The number of carbonyl (C=O) groups excluding carboxylic acids is 1. The van der Waals surface area contributed by atoms with Gasteiger partial charge in [-0.3, -0.25) is 4.90 Å². The van der Waals surface area contributed by atoms with Crippen LogP contribution in [-0.2, 0) is 10.8 Å². The molecule has 2 aromatic rings. The first kappa shape index (κ1) is 18.0. The van der Waals surface area contributed by atoms with Crippen LogP contribution in [-0.4, -0.2) is 33.2 Å². The van der Waals surface area contributed by atoms with Crippen LogP contribution in [0.15, 0.2) is 24.5 Å². The summed E-state index contributed by atoms with van der Waals surface area (Å²) in [6, 6.07) is 3.41. The number of amides is 1. The number of benzene rings is 1. The lowest BCUT2D eigenvalue weighted by Gasteiger charge is -2.29. The van der Waals surface area contributed by atoms with Crippen molar-refractivity contribution >= 4 is 11.7 Å². The van der Waals surface area contributed by atoms with Crippen molar-refractivity contribution in [1.29, 1.82) is 0 Å². The van der Waals surface area contributed by atoms with Gasteiger partial charge in [0.2, 0.25) is 0 Å². The van der Waals surface area contributed by atoms with Crippen LogP contribution in [0.5, 0.6) is 5.75 Å². The van der Waals surface area contributed by atoms with E-state index >= 15 is 0 Å². The Bertz CT molecular complexity index is 702. The van der Waals surface area contributed by atoms with Crippen molar-refractivity contribution in [2.24, 2.45) is 0 Å². The Kier molecular flexibility index (Phi) is 4.44. The molecule has 1 aromatic carbocycles. The van der Waals surface area contributed by atoms with Crippen LogP contribution in [0.2, 0.25) is 0 Å². The third-order valence-electron chi connectivity index (χ3n) is 4.00. The van der Waals surface area contributed by atoms with E-state index in [2.05, 4.69) is 10.3 Å². The summed E-state index contributed by atoms with van der Waals surface area (Å²) in [6.07, 6.45) is 2.97. The molecule has 130 valence electrons. The first-order valence-electron chi connectivity index (χ1n) is 7.95. The molecule has 1 heterocycles. The Labute approximate surface area is 143 Å². The normalized spacial score (nSPS) is 12.3. The van der Waals surface area contributed by atoms with Gasteiger partial charge in [-0.1, -0.05) is 46.8 Å². The minimum absolute atomic E-state index is 0.253. The smallest absolute Gasteiger partial charge is 0.350 e. The molecule has 0 aliphatic rings. The van der Waals surface area contributed by atoms with E-state index in [1.807, 2.05) is 53.7 Å². The number of hydrogen-bond acceptors (Lipinski definition) is 4. The second-order valence-electron chi connectivity index (χ2n) is 8.08. The van der Waals surface area contributed by atoms with Crippen LogP contribution in [0.1, 0.15) is 52.7 Å². The molecule has 1 amide bonds. The van der Waals surface area contributed by atoms with Gasteiger partial charge in [0.1, 0.15) is 5.75 Å². The fourth-order valence-electron chi connectivity index (χ4n) is 2.53. The van der Waals surface area contributed by atoms with Gasteiger partial charge in [0.15, 0.2) is 0 Å². The van der Waals surface area contributed by atoms with E-state index in [4.69, 9.17) is 0 Å². The van der Waals surface area contributed by atoms with Crippen molar-refractivity contribution in [3.8, 4) is 5.75 Å². The van der Waals surface area contributed by atoms with Crippen molar-refractivity contribution in [2.75, 3.05) is 11.9 Å². The van der Waals surface area contributed by atoms with Crippen LogP contribution >= 0.6 is 0 Å². The maximum absolute atomic E-state index is 12.5. The van der Waals surface area contributed by atoms with E-state index in [0.717, 1.165) is 11.1 Å². The Morgan fingerprint density at radius 2 is 1.58 bits per heavy atom. The van der Waals surface area contributed by atoms with Gasteiger partial charge >= 0.3 is 6.03 Å². The predicted octanol–water partition coefficient (Wildman–Crippen LogP) is 3.68. The largest absolute Gasteiger partial charge is 0.507 e. The average Bonchev–Trinajstić information content (AvgIpc) is 2.97. The quantitative estimate of drug-likeness (QED) is 0.866. The number of rotatable bonds is 1. The van der Waals surface area contributed by atoms with E-state index in [9.17, 15) is 9.90 Å². The number of carbonyl (C=O) groups is 1. The second-order valence-corrected chi connectivity index (χ2v) is 8.08. The summed E-state index contributed by atoms with van der Waals surface area (Å²) < 4.78 is 1.18. The van der Waals surface area contributed by atoms with E-state index in [0.29, 0.717) is 11.4 Å². The molecule has 6 heteroatoms. The highest BCUT2D eigenvalue weighted by Crippen LogP contribution is 2.41. The van der Waals surface area contributed by atoms with Crippen molar-refractivity contribution in [2.45, 2.75) is 52.4 Å². The summed E-state index contributed by atoms with van der Waals surface area (Å²) in [5, 5.41) is 18.2. The maximum atomic E-state index is 12.5. The molecule has 0 saturated heterocycles. The lowest BCUT2D eigenvalue weighted by atomic mass is 9.79. The van der Waals surface area contributed by atoms with Crippen LogP contribution in [0.3, 0.4) is 0 Å². The van der Waals surface area contributed by atoms with E-state index < -0.39 is 0 Å². The van der Waals surface area contributed by atoms with Crippen molar-refractivity contribution in [1.82, 2.24) is 15.0 Å². The zero-order valence-electron chi connectivity index (χ0n) is 15.5. The van der Waals surface area contributed by atoms with E-state index in [1.54, 1.807) is 7.05 Å². The Morgan fingerprint density at radius 1 is 1.08 bits per heavy atom. The molecule has 2 rings (SSSR count). The Hall–Kier alpha value is -2.37. The molecule has 0 saturated carbocycles. The molecule has 0 unspecified atom stereocenters. The van der Waals surface area contributed by atoms with Crippen LogP contribution < -0.4 is 4.90 Å². The van der Waals surface area contributed by atoms with Gasteiger partial charge in [-0.2, -0.15) is 4.68 Å². The van der Waals surface area contributed by atoms with Gasteiger partial charge in [0.05, 0.1) is 12.4 Å². The summed E-state index contributed by atoms with van der Waals surface area (Å²) in [7, 11) is 1.69. The zero-order chi connectivity index (χ0) is 18.3. The molecule has 0 spiro atoms. The topological polar surface area (TPSA) is 71.2 Å². The Balaban J connectivity index is 2.60. The monoisotopic (exact) mass is 330 g/mol. The molecule has 0 aliphatic heterocycles. The van der Waals surface area contributed by atoms with E-state index in [-0.39, 0.29) is 16.9 Å². The minimum atomic E-state index is -0.307. The van der Waals surface area contributed by atoms with Gasteiger partial charge in [-0.05, 0) is 23.0 Å². The molecule has 0 bridgehead atoms. The van der Waals surface area contributed by atoms with E-state index in [1.165, 1.54) is 22.0 Å². The molecule has 0 radical (unpaired) electrons. The average molecular weight is 330 g/mol. The molecule has 1 aromatic heterocycles. The number of aromatic nitrogens is 3. The Morgan fingerprint density at radius 3 is 1.96 bits per heavy atom.